The molecule has 1 aromatic heterocycles. The van der Waals surface area contributed by atoms with Gasteiger partial charge in [-0.15, -0.1) is 0 Å². The fourth-order valence-electron chi connectivity index (χ4n) is 4.59. The van der Waals surface area contributed by atoms with Crippen molar-refractivity contribution >= 4 is 35.3 Å². The number of piperazine rings is 1. The molecule has 1 N–H and O–H groups in total. The maximum atomic E-state index is 15.1. The van der Waals surface area contributed by atoms with Gasteiger partial charge < -0.3 is 24.6 Å². The van der Waals surface area contributed by atoms with Gasteiger partial charge in [-0.05, 0) is 25.5 Å². The van der Waals surface area contributed by atoms with Gasteiger partial charge in [-0.1, -0.05) is 0 Å². The second-order valence-corrected chi connectivity index (χ2v) is 9.34. The highest BCUT2D eigenvalue weighted by Gasteiger charge is 2.34. The van der Waals surface area contributed by atoms with Crippen LogP contribution < -0.4 is 15.1 Å². The molecule has 3 heterocycles. The first-order chi connectivity index (χ1) is 19.1. The van der Waals surface area contributed by atoms with E-state index in [2.05, 4.69) is 15.0 Å². The van der Waals surface area contributed by atoms with Crippen molar-refractivity contribution in [3.63, 3.8) is 0 Å². The van der Waals surface area contributed by atoms with E-state index in [0.717, 1.165) is 17.0 Å². The molecule has 2 fully saturated rings. The van der Waals surface area contributed by atoms with Gasteiger partial charge in [0.15, 0.2) is 11.6 Å². The fourth-order valence-corrected chi connectivity index (χ4v) is 4.59. The summed E-state index contributed by atoms with van der Waals surface area (Å²) in [5, 5.41) is 2.44. The molecule has 0 saturated carbocycles. The Labute approximate surface area is 227 Å². The van der Waals surface area contributed by atoms with Crippen LogP contribution in [0.4, 0.5) is 29.3 Å². The molecule has 1 aromatic carbocycles. The topological polar surface area (TPSA) is 121 Å². The van der Waals surface area contributed by atoms with Crippen molar-refractivity contribution in [1.82, 2.24) is 15.2 Å². The standard InChI is InChI=1S/C26H28F3N5O6/c1-15(31-24(36)18-4-3-7-30-23(18)29)25(37)33-10-8-32(9-11-33)22-19(27)12-16(13-20(22)28)34-14-17(40-26(34)38)5-6-21(35)39-2/h3-4,7,12-13,15,17H,5-6,8-11,14H2,1-2H3,(H,31,36)/t15-,17-/m0/s1. The van der Waals surface area contributed by atoms with Gasteiger partial charge in [0.2, 0.25) is 11.9 Å². The Bertz CT molecular complexity index is 1280. The lowest BCUT2D eigenvalue weighted by Gasteiger charge is -2.37. The van der Waals surface area contributed by atoms with E-state index in [-0.39, 0.29) is 62.5 Å². The summed E-state index contributed by atoms with van der Waals surface area (Å²) in [4.78, 5) is 56.2. The van der Waals surface area contributed by atoms with E-state index in [0.29, 0.717) is 0 Å². The Kier molecular flexibility index (Phi) is 8.75. The number of ether oxygens (including phenoxy) is 2. The van der Waals surface area contributed by atoms with Gasteiger partial charge in [0.25, 0.3) is 5.91 Å². The predicted octanol–water partition coefficient (Wildman–Crippen LogP) is 2.24. The van der Waals surface area contributed by atoms with E-state index in [4.69, 9.17) is 4.74 Å². The van der Waals surface area contributed by atoms with Crippen molar-refractivity contribution in [3.05, 3.63) is 53.6 Å². The number of cyclic esters (lactones) is 1. The molecule has 2 aliphatic heterocycles. The summed E-state index contributed by atoms with van der Waals surface area (Å²) in [7, 11) is 1.24. The largest absolute Gasteiger partial charge is 0.469 e. The van der Waals surface area contributed by atoms with Crippen LogP contribution in [0.15, 0.2) is 30.5 Å². The summed E-state index contributed by atoms with van der Waals surface area (Å²) in [6.45, 7) is 1.96. The highest BCUT2D eigenvalue weighted by atomic mass is 19.1. The summed E-state index contributed by atoms with van der Waals surface area (Å²) in [5.74, 6) is -4.41. The number of nitrogens with one attached hydrogen (secondary N) is 1. The van der Waals surface area contributed by atoms with Crippen molar-refractivity contribution in [1.29, 1.82) is 0 Å². The molecule has 2 atom stereocenters. The van der Waals surface area contributed by atoms with Crippen LogP contribution in [0.2, 0.25) is 0 Å². The molecular formula is C26H28F3N5O6. The molecule has 2 aromatic rings. The summed E-state index contributed by atoms with van der Waals surface area (Å²) < 4.78 is 53.7. The van der Waals surface area contributed by atoms with E-state index in [1.54, 1.807) is 0 Å². The summed E-state index contributed by atoms with van der Waals surface area (Å²) >= 11 is 0. The molecule has 2 aliphatic rings. The number of hydrogen-bond acceptors (Lipinski definition) is 8. The molecular weight excluding hydrogens is 535 g/mol. The quantitative estimate of drug-likeness (QED) is 0.384. The fraction of sp³-hybridized carbons (Fsp3) is 0.423. The van der Waals surface area contributed by atoms with Crippen LogP contribution in [0.5, 0.6) is 0 Å². The first-order valence-corrected chi connectivity index (χ1v) is 12.6. The highest BCUT2D eigenvalue weighted by molar-refractivity contribution is 5.97. The Morgan fingerprint density at radius 1 is 1.15 bits per heavy atom. The summed E-state index contributed by atoms with van der Waals surface area (Å²) in [5.41, 5.74) is -0.605. The molecule has 0 spiro atoms. The molecule has 2 saturated heterocycles. The van der Waals surface area contributed by atoms with Crippen molar-refractivity contribution < 1.29 is 41.8 Å². The zero-order valence-corrected chi connectivity index (χ0v) is 21.9. The minimum absolute atomic E-state index is 0.0206. The smallest absolute Gasteiger partial charge is 0.414 e. The predicted molar refractivity (Wildman–Crippen MR) is 135 cm³/mol. The van der Waals surface area contributed by atoms with E-state index < -0.39 is 53.6 Å². The van der Waals surface area contributed by atoms with E-state index >= 15 is 8.78 Å². The SMILES string of the molecule is COC(=O)CC[C@H]1CN(c2cc(F)c(N3CCN(C(=O)[C@H](C)NC(=O)c4cccnc4F)CC3)c(F)c2)C(=O)O1. The van der Waals surface area contributed by atoms with Gasteiger partial charge in [0, 0.05) is 50.9 Å². The first kappa shape index (κ1) is 28.6. The zero-order valence-electron chi connectivity index (χ0n) is 21.9. The van der Waals surface area contributed by atoms with Crippen LogP contribution in [0.25, 0.3) is 0 Å². The third kappa shape index (κ3) is 6.26. The lowest BCUT2D eigenvalue weighted by Crippen LogP contribution is -2.54. The third-order valence-corrected chi connectivity index (χ3v) is 6.71. The van der Waals surface area contributed by atoms with Gasteiger partial charge >= 0.3 is 12.1 Å². The molecule has 3 amide bonds. The number of esters is 1. The lowest BCUT2D eigenvalue weighted by atomic mass is 10.1. The Balaban J connectivity index is 1.35. The second-order valence-electron chi connectivity index (χ2n) is 9.34. The van der Waals surface area contributed by atoms with E-state index in [9.17, 15) is 23.6 Å². The maximum absolute atomic E-state index is 15.1. The molecule has 40 heavy (non-hydrogen) atoms. The summed E-state index contributed by atoms with van der Waals surface area (Å²) in [6.07, 6.45) is 0.0424. The molecule has 0 bridgehead atoms. The number of carbonyl (C=O) groups excluding carboxylic acids is 4. The van der Waals surface area contributed by atoms with Crippen LogP contribution in [0, 0.1) is 17.6 Å². The van der Waals surface area contributed by atoms with Gasteiger partial charge in [-0.3, -0.25) is 19.3 Å². The molecule has 0 aliphatic carbocycles. The van der Waals surface area contributed by atoms with Gasteiger partial charge in [-0.2, -0.15) is 4.39 Å². The number of benzene rings is 1. The number of nitrogens with zero attached hydrogens (tertiary/aromatic N) is 4. The van der Waals surface area contributed by atoms with Crippen molar-refractivity contribution in [2.24, 2.45) is 0 Å². The number of rotatable bonds is 8. The number of methoxy groups -OCH3 is 1. The van der Waals surface area contributed by atoms with E-state index in [1.807, 2.05) is 0 Å². The highest BCUT2D eigenvalue weighted by Crippen LogP contribution is 2.32. The Morgan fingerprint density at radius 2 is 1.82 bits per heavy atom. The number of aromatic nitrogens is 1. The minimum Gasteiger partial charge on any atom is -0.469 e. The average Bonchev–Trinajstić information content (AvgIpc) is 3.31. The second kappa shape index (κ2) is 12.2. The van der Waals surface area contributed by atoms with Gasteiger partial charge in [0.1, 0.15) is 17.8 Å². The normalized spacial score (nSPS) is 17.9. The van der Waals surface area contributed by atoms with Crippen molar-refractivity contribution in [2.75, 3.05) is 49.6 Å². The van der Waals surface area contributed by atoms with Crippen LogP contribution in [0.3, 0.4) is 0 Å². The first-order valence-electron chi connectivity index (χ1n) is 12.6. The monoisotopic (exact) mass is 563 g/mol. The molecule has 14 heteroatoms. The molecule has 0 radical (unpaired) electrons. The van der Waals surface area contributed by atoms with E-state index in [1.165, 1.54) is 42.2 Å². The number of anilines is 2. The number of halogens is 3. The van der Waals surface area contributed by atoms with Crippen LogP contribution in [-0.2, 0) is 19.1 Å². The lowest BCUT2D eigenvalue weighted by molar-refractivity contribution is -0.141. The molecule has 0 unspecified atom stereocenters. The zero-order chi connectivity index (χ0) is 29.0. The minimum atomic E-state index is -0.969. The Hall–Kier alpha value is -4.36. The number of pyridine rings is 1. The van der Waals surface area contributed by atoms with Crippen molar-refractivity contribution in [3.8, 4) is 0 Å². The van der Waals surface area contributed by atoms with Crippen LogP contribution >= 0.6 is 0 Å². The Morgan fingerprint density at radius 3 is 2.45 bits per heavy atom. The summed E-state index contributed by atoms with van der Waals surface area (Å²) in [6, 6.07) is 3.75. The molecule has 214 valence electrons. The third-order valence-electron chi connectivity index (χ3n) is 6.71. The van der Waals surface area contributed by atoms with Crippen LogP contribution in [-0.4, -0.2) is 85.7 Å². The molecule has 4 rings (SSSR count). The average molecular weight is 564 g/mol. The number of amides is 3. The van der Waals surface area contributed by atoms with Crippen LogP contribution in [0.1, 0.15) is 30.1 Å². The van der Waals surface area contributed by atoms with Gasteiger partial charge in [0.05, 0.1) is 24.9 Å². The molecule has 11 nitrogen and oxygen atoms in total. The number of carbonyl (C=O) groups is 4. The number of hydrogen-bond donors (Lipinski definition) is 1. The van der Waals surface area contributed by atoms with Crippen molar-refractivity contribution in [2.45, 2.75) is 31.9 Å². The van der Waals surface area contributed by atoms with Gasteiger partial charge in [-0.25, -0.2) is 18.6 Å². The maximum Gasteiger partial charge on any atom is 0.414 e.